The monoisotopic (exact) mass is 256 g/mol. The molecule has 2 N–H and O–H groups in total. The van der Waals surface area contributed by atoms with Gasteiger partial charge in [-0.15, -0.1) is 0 Å². The van der Waals surface area contributed by atoms with Gasteiger partial charge in [-0.3, -0.25) is 4.79 Å². The van der Waals surface area contributed by atoms with Crippen LogP contribution in [0.4, 0.5) is 0 Å². The Kier molecular flexibility index (Phi) is 3.74. The highest BCUT2D eigenvalue weighted by Gasteiger charge is 2.32. The number of furan rings is 1. The van der Waals surface area contributed by atoms with Gasteiger partial charge in [0.2, 0.25) is 0 Å². The first-order valence-electron chi connectivity index (χ1n) is 5.90. The van der Waals surface area contributed by atoms with Crippen molar-refractivity contribution in [1.29, 1.82) is 0 Å². The zero-order valence-electron chi connectivity index (χ0n) is 9.86. The Balaban J connectivity index is 2.17. The molecular weight excluding hydrogens is 240 g/mol. The van der Waals surface area contributed by atoms with Gasteiger partial charge in [-0.25, -0.2) is 0 Å². The summed E-state index contributed by atoms with van der Waals surface area (Å²) < 4.78 is 5.16. The number of nitrogens with two attached hydrogens (primary N) is 1. The molecule has 17 heavy (non-hydrogen) atoms. The molecule has 1 fully saturated rings. The van der Waals surface area contributed by atoms with Crippen molar-refractivity contribution in [3.63, 3.8) is 0 Å². The number of piperidine rings is 1. The molecule has 1 aromatic heterocycles. The maximum atomic E-state index is 12.2. The lowest BCUT2D eigenvalue weighted by molar-refractivity contribution is 0.0501. The number of nitrogens with zero attached hydrogens (tertiary/aromatic N) is 1. The molecule has 0 aromatic carbocycles. The van der Waals surface area contributed by atoms with E-state index in [-0.39, 0.29) is 17.2 Å². The van der Waals surface area contributed by atoms with Crippen LogP contribution in [-0.4, -0.2) is 29.9 Å². The predicted octanol–water partition coefficient (Wildman–Crippen LogP) is 2.13. The first-order chi connectivity index (χ1) is 8.13. The largest absolute Gasteiger partial charge is 0.440 e. The van der Waals surface area contributed by atoms with Crippen molar-refractivity contribution >= 4 is 17.5 Å². The van der Waals surface area contributed by atoms with Gasteiger partial charge in [0.25, 0.3) is 5.91 Å². The van der Waals surface area contributed by atoms with Crippen LogP contribution >= 0.6 is 11.6 Å². The smallest absolute Gasteiger partial charge is 0.289 e. The van der Waals surface area contributed by atoms with E-state index in [9.17, 15) is 4.79 Å². The second-order valence-electron chi connectivity index (χ2n) is 4.52. The van der Waals surface area contributed by atoms with Crippen LogP contribution in [-0.2, 0) is 0 Å². The van der Waals surface area contributed by atoms with Crippen molar-refractivity contribution in [2.24, 2.45) is 11.7 Å². The van der Waals surface area contributed by atoms with Crippen molar-refractivity contribution in [2.75, 3.05) is 13.1 Å². The first kappa shape index (κ1) is 12.5. The molecule has 1 aromatic rings. The van der Waals surface area contributed by atoms with E-state index in [0.29, 0.717) is 18.2 Å². The normalized spacial score (nSPS) is 25.0. The van der Waals surface area contributed by atoms with Crippen LogP contribution in [0.1, 0.15) is 30.3 Å². The highest BCUT2D eigenvalue weighted by atomic mass is 35.5. The molecule has 0 saturated carbocycles. The summed E-state index contributed by atoms with van der Waals surface area (Å²) >= 11 is 5.68. The highest BCUT2D eigenvalue weighted by molar-refractivity contribution is 6.29. The van der Waals surface area contributed by atoms with Gasteiger partial charge in [-0.05, 0) is 42.5 Å². The van der Waals surface area contributed by atoms with Gasteiger partial charge in [0.1, 0.15) is 0 Å². The Hall–Kier alpha value is -1.00. The fourth-order valence-corrected chi connectivity index (χ4v) is 2.58. The van der Waals surface area contributed by atoms with E-state index in [0.717, 1.165) is 19.4 Å². The summed E-state index contributed by atoms with van der Waals surface area (Å²) in [5, 5.41) is 0.239. The summed E-state index contributed by atoms with van der Waals surface area (Å²) in [5.74, 6) is 0.615. The number of rotatable bonds is 2. The van der Waals surface area contributed by atoms with Gasteiger partial charge >= 0.3 is 0 Å². The van der Waals surface area contributed by atoms with Crippen molar-refractivity contribution in [2.45, 2.75) is 25.8 Å². The molecule has 2 heterocycles. The van der Waals surface area contributed by atoms with E-state index >= 15 is 0 Å². The highest BCUT2D eigenvalue weighted by Crippen LogP contribution is 2.25. The summed E-state index contributed by atoms with van der Waals surface area (Å²) in [5.41, 5.74) is 5.75. The predicted molar refractivity (Wildman–Crippen MR) is 66.0 cm³/mol. The van der Waals surface area contributed by atoms with E-state index < -0.39 is 0 Å². The minimum atomic E-state index is -0.112. The van der Waals surface area contributed by atoms with Gasteiger partial charge in [0.15, 0.2) is 11.0 Å². The number of likely N-dealkylation sites (tertiary alicyclic amines) is 1. The van der Waals surface area contributed by atoms with Gasteiger partial charge < -0.3 is 15.1 Å². The maximum absolute atomic E-state index is 12.2. The molecular formula is C12H17ClN2O2. The van der Waals surface area contributed by atoms with Crippen LogP contribution in [0.2, 0.25) is 5.22 Å². The van der Waals surface area contributed by atoms with Crippen LogP contribution in [0.5, 0.6) is 0 Å². The lowest BCUT2D eigenvalue weighted by atomic mass is 9.90. The van der Waals surface area contributed by atoms with E-state index in [2.05, 4.69) is 6.92 Å². The fourth-order valence-electron chi connectivity index (χ4n) is 2.43. The standard InChI is InChI=1S/C12H17ClN2O2/c1-8-3-2-6-15(9(8)7-14)12(16)10-4-5-11(13)17-10/h4-5,8-9H,2-3,6-7,14H2,1H3/t8-,9+/m0/s1. The Labute approximate surface area is 106 Å². The molecule has 0 aliphatic carbocycles. The van der Waals surface area contributed by atoms with E-state index in [1.54, 1.807) is 12.1 Å². The second-order valence-corrected chi connectivity index (χ2v) is 4.90. The summed E-state index contributed by atoms with van der Waals surface area (Å²) in [7, 11) is 0. The lowest BCUT2D eigenvalue weighted by Crippen LogP contribution is -2.51. The molecule has 0 unspecified atom stereocenters. The average Bonchev–Trinajstić information content (AvgIpc) is 2.74. The molecule has 1 amide bonds. The first-order valence-corrected chi connectivity index (χ1v) is 6.27. The summed E-state index contributed by atoms with van der Waals surface area (Å²) in [4.78, 5) is 14.1. The van der Waals surface area contributed by atoms with E-state index in [1.807, 2.05) is 4.90 Å². The Morgan fingerprint density at radius 3 is 3.00 bits per heavy atom. The zero-order chi connectivity index (χ0) is 12.4. The minimum Gasteiger partial charge on any atom is -0.440 e. The van der Waals surface area contributed by atoms with Crippen LogP contribution in [0.3, 0.4) is 0 Å². The second kappa shape index (κ2) is 5.10. The molecule has 1 aliphatic heterocycles. The lowest BCUT2D eigenvalue weighted by Gasteiger charge is -2.38. The minimum absolute atomic E-state index is 0.0973. The number of amides is 1. The van der Waals surface area contributed by atoms with Gasteiger partial charge in [-0.1, -0.05) is 6.92 Å². The van der Waals surface area contributed by atoms with Crippen LogP contribution in [0.25, 0.3) is 0 Å². The molecule has 2 atom stereocenters. The number of hydrogen-bond acceptors (Lipinski definition) is 3. The number of hydrogen-bond donors (Lipinski definition) is 1. The molecule has 94 valence electrons. The van der Waals surface area contributed by atoms with Crippen molar-refractivity contribution in [3.05, 3.63) is 23.1 Å². The van der Waals surface area contributed by atoms with Crippen LogP contribution in [0, 0.1) is 5.92 Å². The molecule has 0 spiro atoms. The zero-order valence-corrected chi connectivity index (χ0v) is 10.6. The van der Waals surface area contributed by atoms with Crippen LogP contribution < -0.4 is 5.73 Å². The molecule has 2 rings (SSSR count). The molecule has 4 nitrogen and oxygen atoms in total. The quantitative estimate of drug-likeness (QED) is 0.882. The fraction of sp³-hybridized carbons (Fsp3) is 0.583. The van der Waals surface area contributed by atoms with Crippen LogP contribution in [0.15, 0.2) is 16.5 Å². The number of halogens is 1. The summed E-state index contributed by atoms with van der Waals surface area (Å²) in [6.07, 6.45) is 2.13. The molecule has 5 heteroatoms. The molecule has 1 saturated heterocycles. The Bertz CT molecular complexity index is 405. The average molecular weight is 257 g/mol. The van der Waals surface area contributed by atoms with Gasteiger partial charge in [0.05, 0.1) is 0 Å². The third-order valence-corrected chi connectivity index (χ3v) is 3.61. The summed E-state index contributed by atoms with van der Waals surface area (Å²) in [6.45, 7) is 3.36. The summed E-state index contributed by atoms with van der Waals surface area (Å²) in [6, 6.07) is 3.29. The maximum Gasteiger partial charge on any atom is 0.289 e. The molecule has 0 bridgehead atoms. The third-order valence-electron chi connectivity index (χ3n) is 3.40. The van der Waals surface area contributed by atoms with Crippen molar-refractivity contribution in [1.82, 2.24) is 4.90 Å². The van der Waals surface area contributed by atoms with Crippen molar-refractivity contribution < 1.29 is 9.21 Å². The SMILES string of the molecule is C[C@H]1CCCN(C(=O)c2ccc(Cl)o2)[C@@H]1CN. The van der Waals surface area contributed by atoms with Gasteiger partial charge in [-0.2, -0.15) is 0 Å². The number of carbonyl (C=O) groups excluding carboxylic acids is 1. The van der Waals surface area contributed by atoms with Gasteiger partial charge in [0, 0.05) is 19.1 Å². The van der Waals surface area contributed by atoms with E-state index in [1.165, 1.54) is 0 Å². The topological polar surface area (TPSA) is 59.5 Å². The molecule has 0 radical (unpaired) electrons. The van der Waals surface area contributed by atoms with Crippen molar-refractivity contribution in [3.8, 4) is 0 Å². The Morgan fingerprint density at radius 2 is 2.41 bits per heavy atom. The Morgan fingerprint density at radius 1 is 1.65 bits per heavy atom. The number of carbonyl (C=O) groups is 1. The molecule has 1 aliphatic rings. The third kappa shape index (κ3) is 2.48. The van der Waals surface area contributed by atoms with E-state index in [4.69, 9.17) is 21.8 Å².